The van der Waals surface area contributed by atoms with E-state index >= 15 is 0 Å². The van der Waals surface area contributed by atoms with E-state index in [1.54, 1.807) is 29.2 Å². The Hall–Kier alpha value is -2.59. The molecule has 3 amide bonds. The summed E-state index contributed by atoms with van der Waals surface area (Å²) in [5, 5.41) is 1.05. The van der Waals surface area contributed by atoms with Crippen LogP contribution in [0.4, 0.5) is 4.79 Å². The molecule has 2 aromatic carbocycles. The lowest BCUT2D eigenvalue weighted by molar-refractivity contribution is -0.135. The van der Waals surface area contributed by atoms with E-state index in [0.717, 1.165) is 32.7 Å². The van der Waals surface area contributed by atoms with Gasteiger partial charge in [0, 0.05) is 45.2 Å². The van der Waals surface area contributed by atoms with Crippen LogP contribution in [0.25, 0.3) is 17.0 Å². The van der Waals surface area contributed by atoms with Crippen LogP contribution in [-0.2, 0) is 27.4 Å². The Bertz CT molecular complexity index is 1370. The lowest BCUT2D eigenvalue weighted by Gasteiger charge is -2.27. The number of hydrogen-bond donors (Lipinski definition) is 0. The summed E-state index contributed by atoms with van der Waals surface area (Å²) in [7, 11) is 0. The number of nitrogens with zero attached hydrogens (tertiary/aromatic N) is 3. The lowest BCUT2D eigenvalue weighted by atomic mass is 10.1. The maximum atomic E-state index is 13.1. The van der Waals surface area contributed by atoms with Crippen LogP contribution in [0, 0.1) is 0 Å². The number of hydrogen-bond acceptors (Lipinski definition) is 5. The highest BCUT2D eigenvalue weighted by Gasteiger charge is 2.35. The first kappa shape index (κ1) is 24.1. The molecule has 0 N–H and O–H groups in total. The number of imide groups is 1. The van der Waals surface area contributed by atoms with E-state index < -0.39 is 0 Å². The summed E-state index contributed by atoms with van der Waals surface area (Å²) in [5.74, 6) is -0.347. The monoisotopic (exact) mass is 573 g/mol. The highest BCUT2D eigenvalue weighted by molar-refractivity contribution is 9.10. The van der Waals surface area contributed by atoms with Gasteiger partial charge < -0.3 is 14.2 Å². The predicted octanol–water partition coefficient (Wildman–Crippen LogP) is 5.15. The van der Waals surface area contributed by atoms with Crippen LogP contribution in [0.1, 0.15) is 11.1 Å². The van der Waals surface area contributed by atoms with Crippen LogP contribution >= 0.6 is 39.3 Å². The van der Waals surface area contributed by atoms with E-state index in [9.17, 15) is 14.4 Å². The molecule has 2 aliphatic heterocycles. The fourth-order valence-electron chi connectivity index (χ4n) is 4.18. The van der Waals surface area contributed by atoms with Crippen molar-refractivity contribution < 1.29 is 19.1 Å². The smallest absolute Gasteiger partial charge is 0.293 e. The van der Waals surface area contributed by atoms with Gasteiger partial charge in [-0.15, -0.1) is 0 Å². The molecule has 0 bridgehead atoms. The van der Waals surface area contributed by atoms with Crippen LogP contribution in [-0.4, -0.2) is 57.7 Å². The molecule has 180 valence electrons. The largest absolute Gasteiger partial charge is 0.378 e. The second-order valence-corrected chi connectivity index (χ2v) is 10.5. The molecule has 7 nitrogen and oxygen atoms in total. The number of halogens is 2. The van der Waals surface area contributed by atoms with E-state index in [2.05, 4.69) is 15.9 Å². The predicted molar refractivity (Wildman–Crippen MR) is 140 cm³/mol. The quantitative estimate of drug-likeness (QED) is 0.394. The second-order valence-electron chi connectivity index (χ2n) is 8.23. The molecule has 2 saturated heterocycles. The minimum Gasteiger partial charge on any atom is -0.378 e. The molecule has 0 aliphatic carbocycles. The van der Waals surface area contributed by atoms with Gasteiger partial charge in [-0.1, -0.05) is 45.7 Å². The number of carbonyl (C=O) groups is 3. The molecule has 35 heavy (non-hydrogen) atoms. The molecule has 0 saturated carbocycles. The first-order chi connectivity index (χ1) is 16.9. The zero-order chi connectivity index (χ0) is 24.5. The average Bonchev–Trinajstić information content (AvgIpc) is 3.32. The summed E-state index contributed by atoms with van der Waals surface area (Å²) in [6.07, 6.45) is 3.58. The zero-order valence-electron chi connectivity index (χ0n) is 18.6. The Morgan fingerprint density at radius 2 is 1.91 bits per heavy atom. The van der Waals surface area contributed by atoms with Gasteiger partial charge in [-0.3, -0.25) is 19.3 Å². The Labute approximate surface area is 219 Å². The van der Waals surface area contributed by atoms with Crippen molar-refractivity contribution in [2.75, 3.05) is 26.3 Å². The van der Waals surface area contributed by atoms with E-state index in [4.69, 9.17) is 16.3 Å². The maximum Gasteiger partial charge on any atom is 0.293 e. The number of benzene rings is 2. The van der Waals surface area contributed by atoms with Crippen LogP contribution in [0.3, 0.4) is 0 Å². The molecule has 0 unspecified atom stereocenters. The summed E-state index contributed by atoms with van der Waals surface area (Å²) in [6.45, 7) is 2.54. The SMILES string of the molecule is O=C(Cn1cc(/C=C2\SC(=O)N(Cc3ccccc3Cl)C2=O)c2cc(Br)ccc21)N1CCOCC1. The normalized spacial score (nSPS) is 17.7. The number of carbonyl (C=O) groups excluding carboxylic acids is 3. The fraction of sp³-hybridized carbons (Fsp3) is 0.240. The van der Waals surface area contributed by atoms with Gasteiger partial charge in [-0.05, 0) is 47.7 Å². The van der Waals surface area contributed by atoms with Crippen molar-refractivity contribution in [2.24, 2.45) is 0 Å². The third kappa shape index (κ3) is 5.04. The van der Waals surface area contributed by atoms with Crippen LogP contribution in [0.15, 0.2) is 58.0 Å². The average molecular weight is 575 g/mol. The number of morpholine rings is 1. The third-order valence-corrected chi connectivity index (χ3v) is 7.76. The molecule has 2 fully saturated rings. The van der Waals surface area contributed by atoms with Crippen LogP contribution < -0.4 is 0 Å². The van der Waals surface area contributed by atoms with Crippen LogP contribution in [0.2, 0.25) is 5.02 Å². The first-order valence-electron chi connectivity index (χ1n) is 11.0. The summed E-state index contributed by atoms with van der Waals surface area (Å²) in [6, 6.07) is 13.0. The van der Waals surface area contributed by atoms with Crippen LogP contribution in [0.5, 0.6) is 0 Å². The standard InChI is InChI=1S/C25H21BrClN3O4S/c26-18-5-6-21-19(12-18)17(13-29(21)15-23(31)28-7-9-34-10-8-28)11-22-24(32)30(25(33)35-22)14-16-3-1-2-4-20(16)27/h1-6,11-13H,7-10,14-15H2/b22-11-. The minimum atomic E-state index is -0.361. The van der Waals surface area contributed by atoms with Gasteiger partial charge in [0.25, 0.3) is 11.1 Å². The third-order valence-electron chi connectivity index (χ3n) is 5.99. The highest BCUT2D eigenvalue weighted by Crippen LogP contribution is 2.36. The number of fused-ring (bicyclic) bond motifs is 1. The summed E-state index contributed by atoms with van der Waals surface area (Å²) in [5.41, 5.74) is 2.34. The van der Waals surface area contributed by atoms with E-state index in [0.29, 0.717) is 41.8 Å². The Balaban J connectivity index is 1.44. The molecule has 2 aliphatic rings. The van der Waals surface area contributed by atoms with Gasteiger partial charge in [-0.2, -0.15) is 0 Å². The highest BCUT2D eigenvalue weighted by atomic mass is 79.9. The van der Waals surface area contributed by atoms with Gasteiger partial charge in [0.1, 0.15) is 6.54 Å². The molecule has 3 aromatic rings. The minimum absolute atomic E-state index is 0.0136. The Kier molecular flexibility index (Phi) is 7.02. The number of ether oxygens (including phenoxy) is 1. The molecule has 1 aromatic heterocycles. The number of rotatable bonds is 5. The van der Waals surface area contributed by atoms with Gasteiger partial charge in [0.15, 0.2) is 0 Å². The van der Waals surface area contributed by atoms with Crippen molar-refractivity contribution in [2.45, 2.75) is 13.1 Å². The van der Waals surface area contributed by atoms with Crippen molar-refractivity contribution in [3.05, 3.63) is 74.2 Å². The fourth-order valence-corrected chi connectivity index (χ4v) is 5.56. The maximum absolute atomic E-state index is 13.1. The molecule has 3 heterocycles. The van der Waals surface area contributed by atoms with Gasteiger partial charge in [0.2, 0.25) is 5.91 Å². The van der Waals surface area contributed by atoms with Crippen molar-refractivity contribution in [3.8, 4) is 0 Å². The number of thioether (sulfide) groups is 1. The first-order valence-corrected chi connectivity index (χ1v) is 13.0. The molecule has 10 heteroatoms. The van der Waals surface area contributed by atoms with Crippen molar-refractivity contribution in [3.63, 3.8) is 0 Å². The summed E-state index contributed by atoms with van der Waals surface area (Å²) in [4.78, 5) is 42.0. The molecule has 0 spiro atoms. The Morgan fingerprint density at radius 3 is 2.69 bits per heavy atom. The van der Waals surface area contributed by atoms with Gasteiger partial charge in [0.05, 0.1) is 24.7 Å². The lowest BCUT2D eigenvalue weighted by Crippen LogP contribution is -2.42. The Morgan fingerprint density at radius 1 is 1.14 bits per heavy atom. The molecule has 0 atom stereocenters. The van der Waals surface area contributed by atoms with E-state index in [-0.39, 0.29) is 30.1 Å². The molecular formula is C25H21BrClN3O4S. The molecule has 5 rings (SSSR count). The van der Waals surface area contributed by atoms with E-state index in [1.807, 2.05) is 35.0 Å². The summed E-state index contributed by atoms with van der Waals surface area (Å²) >= 11 is 10.6. The van der Waals surface area contributed by atoms with E-state index in [1.165, 1.54) is 4.90 Å². The number of amides is 3. The topological polar surface area (TPSA) is 71.9 Å². The van der Waals surface area contributed by atoms with Crippen molar-refractivity contribution >= 4 is 73.3 Å². The van der Waals surface area contributed by atoms with Gasteiger partial charge in [-0.25, -0.2) is 0 Å². The van der Waals surface area contributed by atoms with Crippen molar-refractivity contribution in [1.29, 1.82) is 0 Å². The van der Waals surface area contributed by atoms with Crippen molar-refractivity contribution in [1.82, 2.24) is 14.4 Å². The summed E-state index contributed by atoms with van der Waals surface area (Å²) < 4.78 is 8.11. The van der Waals surface area contributed by atoms with Gasteiger partial charge >= 0.3 is 0 Å². The molecular weight excluding hydrogens is 554 g/mol. The second kappa shape index (κ2) is 10.2. The number of aromatic nitrogens is 1. The zero-order valence-corrected chi connectivity index (χ0v) is 21.7. The molecule has 0 radical (unpaired) electrons.